The van der Waals surface area contributed by atoms with Crippen molar-refractivity contribution in [3.05, 3.63) is 11.7 Å². The molecule has 0 aromatic carbocycles. The summed E-state index contributed by atoms with van der Waals surface area (Å²) in [5.74, 6) is 2.18. The van der Waals surface area contributed by atoms with E-state index in [2.05, 4.69) is 32.7 Å². The van der Waals surface area contributed by atoms with E-state index in [4.69, 9.17) is 4.52 Å². The van der Waals surface area contributed by atoms with Gasteiger partial charge in [0.25, 0.3) is 0 Å². The minimum atomic E-state index is 0. The molecule has 0 saturated carbocycles. The summed E-state index contributed by atoms with van der Waals surface area (Å²) in [4.78, 5) is 8.40. The topological polar surface area (TPSA) is 75.3 Å². The van der Waals surface area contributed by atoms with Crippen LogP contribution in [0.4, 0.5) is 0 Å². The van der Waals surface area contributed by atoms with Gasteiger partial charge in [-0.05, 0) is 13.3 Å². The number of hydrogen-bond donors (Lipinski definition) is 2. The Balaban J connectivity index is 0.00000529. The summed E-state index contributed by atoms with van der Waals surface area (Å²) >= 11 is 0. The maximum absolute atomic E-state index is 5.08. The zero-order valence-electron chi connectivity index (χ0n) is 15.4. The van der Waals surface area contributed by atoms with Gasteiger partial charge in [0.05, 0.1) is 0 Å². The van der Waals surface area contributed by atoms with Gasteiger partial charge in [-0.3, -0.25) is 4.99 Å². The van der Waals surface area contributed by atoms with E-state index in [1.54, 1.807) is 7.05 Å². The Hall–Kier alpha value is -0.860. The standard InChI is InChI=1S/C17H33N5O.HI/c1-4-5-6-7-8-9-10-11-13-19-17(18-3)20-14-12-16-21-15(2)22-23-16;/h4-14H2,1-3H3,(H2,18,19,20);1H. The molecule has 0 atom stereocenters. The Morgan fingerprint density at radius 2 is 1.62 bits per heavy atom. The third kappa shape index (κ3) is 11.6. The molecule has 0 fully saturated rings. The van der Waals surface area contributed by atoms with E-state index in [0.717, 1.165) is 19.0 Å². The van der Waals surface area contributed by atoms with E-state index >= 15 is 0 Å². The van der Waals surface area contributed by atoms with Gasteiger partial charge in [0.1, 0.15) is 0 Å². The fraction of sp³-hybridized carbons (Fsp3) is 0.824. The molecule has 140 valence electrons. The predicted molar refractivity (Wildman–Crippen MR) is 110 cm³/mol. The molecule has 0 saturated heterocycles. The number of halogens is 1. The molecule has 0 radical (unpaired) electrons. The number of nitrogens with zero attached hydrogens (tertiary/aromatic N) is 3. The highest BCUT2D eigenvalue weighted by Crippen LogP contribution is 2.07. The number of rotatable bonds is 12. The van der Waals surface area contributed by atoms with Gasteiger partial charge in [0, 0.05) is 26.6 Å². The molecule has 0 aliphatic heterocycles. The molecule has 0 aliphatic carbocycles. The maximum atomic E-state index is 5.08. The third-order valence-corrected chi connectivity index (χ3v) is 3.75. The Kier molecular flexibility index (Phi) is 15.1. The van der Waals surface area contributed by atoms with Gasteiger partial charge in [0.15, 0.2) is 11.8 Å². The number of hydrogen-bond acceptors (Lipinski definition) is 4. The second-order valence-corrected chi connectivity index (χ2v) is 5.89. The van der Waals surface area contributed by atoms with E-state index in [1.807, 2.05) is 6.92 Å². The lowest BCUT2D eigenvalue weighted by Gasteiger charge is -2.10. The van der Waals surface area contributed by atoms with Crippen molar-refractivity contribution in [3.8, 4) is 0 Å². The number of aliphatic imine (C=N–C) groups is 1. The zero-order chi connectivity index (χ0) is 16.8. The van der Waals surface area contributed by atoms with Gasteiger partial charge in [-0.15, -0.1) is 24.0 Å². The van der Waals surface area contributed by atoms with Crippen LogP contribution < -0.4 is 10.6 Å². The SMILES string of the molecule is CCCCCCCCCCNC(=NC)NCCc1nc(C)no1.I. The number of unbranched alkanes of at least 4 members (excludes halogenated alkanes) is 7. The van der Waals surface area contributed by atoms with Gasteiger partial charge >= 0.3 is 0 Å². The van der Waals surface area contributed by atoms with E-state index < -0.39 is 0 Å². The van der Waals surface area contributed by atoms with Crippen LogP contribution in [0, 0.1) is 6.92 Å². The molecular weight excluding hydrogens is 417 g/mol. The van der Waals surface area contributed by atoms with Crippen LogP contribution in [0.1, 0.15) is 70.0 Å². The molecule has 7 heteroatoms. The Labute approximate surface area is 163 Å². The first-order chi connectivity index (χ1) is 11.3. The lowest BCUT2D eigenvalue weighted by molar-refractivity contribution is 0.374. The van der Waals surface area contributed by atoms with Crippen LogP contribution in [0.25, 0.3) is 0 Å². The molecule has 0 amide bonds. The van der Waals surface area contributed by atoms with Crippen LogP contribution >= 0.6 is 24.0 Å². The van der Waals surface area contributed by atoms with Crippen molar-refractivity contribution in [3.63, 3.8) is 0 Å². The molecule has 2 N–H and O–H groups in total. The molecule has 1 heterocycles. The van der Waals surface area contributed by atoms with Crippen molar-refractivity contribution in [2.75, 3.05) is 20.1 Å². The van der Waals surface area contributed by atoms with Gasteiger partial charge in [-0.1, -0.05) is 57.0 Å². The highest BCUT2D eigenvalue weighted by atomic mass is 127. The van der Waals surface area contributed by atoms with Crippen LogP contribution in [0.15, 0.2) is 9.52 Å². The highest BCUT2D eigenvalue weighted by molar-refractivity contribution is 14.0. The second-order valence-electron chi connectivity index (χ2n) is 5.89. The second kappa shape index (κ2) is 15.7. The molecule has 0 spiro atoms. The number of guanidine groups is 1. The van der Waals surface area contributed by atoms with Gasteiger partial charge < -0.3 is 15.2 Å². The normalized spacial score (nSPS) is 11.2. The summed E-state index contributed by atoms with van der Waals surface area (Å²) in [6, 6.07) is 0. The van der Waals surface area contributed by atoms with E-state index in [0.29, 0.717) is 18.1 Å². The molecule has 6 nitrogen and oxygen atoms in total. The maximum Gasteiger partial charge on any atom is 0.228 e. The van der Waals surface area contributed by atoms with Crippen LogP contribution in [-0.2, 0) is 6.42 Å². The first kappa shape index (κ1) is 23.1. The van der Waals surface area contributed by atoms with Crippen LogP contribution in [-0.4, -0.2) is 36.2 Å². The molecule has 0 bridgehead atoms. The van der Waals surface area contributed by atoms with Crippen molar-refractivity contribution < 1.29 is 4.52 Å². The van der Waals surface area contributed by atoms with Crippen LogP contribution in [0.5, 0.6) is 0 Å². The molecule has 1 rings (SSSR count). The molecular formula is C17H34IN5O. The lowest BCUT2D eigenvalue weighted by atomic mass is 10.1. The molecule has 1 aromatic heterocycles. The summed E-state index contributed by atoms with van der Waals surface area (Å²) < 4.78 is 5.08. The minimum Gasteiger partial charge on any atom is -0.356 e. The quantitative estimate of drug-likeness (QED) is 0.219. The predicted octanol–water partition coefficient (Wildman–Crippen LogP) is 3.84. The summed E-state index contributed by atoms with van der Waals surface area (Å²) in [6.07, 6.45) is 11.4. The van der Waals surface area contributed by atoms with E-state index in [1.165, 1.54) is 51.4 Å². The zero-order valence-corrected chi connectivity index (χ0v) is 17.8. The first-order valence-electron chi connectivity index (χ1n) is 9.00. The van der Waals surface area contributed by atoms with E-state index in [9.17, 15) is 0 Å². The minimum absolute atomic E-state index is 0. The number of nitrogens with one attached hydrogen (secondary N) is 2. The number of aryl methyl sites for hydroxylation is 1. The van der Waals surface area contributed by atoms with E-state index in [-0.39, 0.29) is 24.0 Å². The highest BCUT2D eigenvalue weighted by Gasteiger charge is 2.03. The Bertz CT molecular complexity index is 436. The number of aromatic nitrogens is 2. The Morgan fingerprint density at radius 1 is 1.00 bits per heavy atom. The average molecular weight is 451 g/mol. The van der Waals surface area contributed by atoms with Crippen LogP contribution in [0.2, 0.25) is 0 Å². The average Bonchev–Trinajstić information content (AvgIpc) is 2.97. The fourth-order valence-corrected chi connectivity index (χ4v) is 2.42. The summed E-state index contributed by atoms with van der Waals surface area (Å²) in [5.41, 5.74) is 0. The van der Waals surface area contributed by atoms with Crippen LogP contribution in [0.3, 0.4) is 0 Å². The van der Waals surface area contributed by atoms with Crippen molar-refractivity contribution in [1.82, 2.24) is 20.8 Å². The van der Waals surface area contributed by atoms with Crippen molar-refractivity contribution in [2.24, 2.45) is 4.99 Å². The Morgan fingerprint density at radius 3 is 2.21 bits per heavy atom. The summed E-state index contributed by atoms with van der Waals surface area (Å²) in [5, 5.41) is 10.4. The van der Waals surface area contributed by atoms with Gasteiger partial charge in [0.2, 0.25) is 5.89 Å². The van der Waals surface area contributed by atoms with Gasteiger partial charge in [-0.2, -0.15) is 4.98 Å². The summed E-state index contributed by atoms with van der Waals surface area (Å²) in [7, 11) is 1.79. The molecule has 0 unspecified atom stereocenters. The first-order valence-corrected chi connectivity index (χ1v) is 9.00. The van der Waals surface area contributed by atoms with Crippen molar-refractivity contribution in [1.29, 1.82) is 0 Å². The van der Waals surface area contributed by atoms with Gasteiger partial charge in [-0.25, -0.2) is 0 Å². The molecule has 1 aromatic rings. The largest absolute Gasteiger partial charge is 0.356 e. The third-order valence-electron chi connectivity index (χ3n) is 3.75. The molecule has 24 heavy (non-hydrogen) atoms. The smallest absolute Gasteiger partial charge is 0.228 e. The van der Waals surface area contributed by atoms with Crippen molar-refractivity contribution in [2.45, 2.75) is 71.6 Å². The monoisotopic (exact) mass is 451 g/mol. The lowest BCUT2D eigenvalue weighted by Crippen LogP contribution is -2.38. The molecule has 0 aliphatic rings. The van der Waals surface area contributed by atoms with Crippen molar-refractivity contribution >= 4 is 29.9 Å². The summed E-state index contributed by atoms with van der Waals surface area (Å²) in [6.45, 7) is 5.79. The fourth-order valence-electron chi connectivity index (χ4n) is 2.42.